The van der Waals surface area contributed by atoms with E-state index < -0.39 is 0 Å². The fraction of sp³-hybridized carbons (Fsp3) is 0.250. The molecule has 0 amide bonds. The molecule has 0 saturated carbocycles. The monoisotopic (exact) mass is 341 g/mol. The van der Waals surface area contributed by atoms with Gasteiger partial charge in [-0.05, 0) is 74.5 Å². The third kappa shape index (κ3) is 4.97. The molecule has 0 atom stereocenters. The molecule has 0 spiro atoms. The van der Waals surface area contributed by atoms with Crippen LogP contribution in [0.5, 0.6) is 0 Å². The SMILES string of the molecule is CN(CCCc1cc(-c2ccc(F)cc2)n[nH]1)Cc1ccc(F)cc1. The zero-order valence-electron chi connectivity index (χ0n) is 14.2. The number of nitrogens with zero attached hydrogens (tertiary/aromatic N) is 2. The molecule has 1 N–H and O–H groups in total. The molecule has 0 aliphatic heterocycles. The Morgan fingerprint density at radius 3 is 2.28 bits per heavy atom. The largest absolute Gasteiger partial charge is 0.302 e. The molecule has 0 radical (unpaired) electrons. The number of benzene rings is 2. The van der Waals surface area contributed by atoms with Crippen molar-refractivity contribution < 1.29 is 8.78 Å². The van der Waals surface area contributed by atoms with E-state index in [1.54, 1.807) is 12.1 Å². The highest BCUT2D eigenvalue weighted by molar-refractivity contribution is 5.58. The van der Waals surface area contributed by atoms with Gasteiger partial charge >= 0.3 is 0 Å². The molecule has 1 heterocycles. The Balaban J connectivity index is 1.47. The summed E-state index contributed by atoms with van der Waals surface area (Å²) < 4.78 is 25.9. The van der Waals surface area contributed by atoms with Gasteiger partial charge in [-0.1, -0.05) is 12.1 Å². The Labute approximate surface area is 146 Å². The van der Waals surface area contributed by atoms with Crippen LogP contribution < -0.4 is 0 Å². The van der Waals surface area contributed by atoms with Crippen molar-refractivity contribution in [3.05, 3.63) is 77.5 Å². The Bertz CT molecular complexity index is 795. The van der Waals surface area contributed by atoms with Crippen LogP contribution in [0.2, 0.25) is 0 Å². The lowest BCUT2D eigenvalue weighted by atomic mass is 10.1. The first-order chi connectivity index (χ1) is 12.1. The van der Waals surface area contributed by atoms with Crippen LogP contribution in [-0.4, -0.2) is 28.7 Å². The van der Waals surface area contributed by atoms with E-state index in [1.165, 1.54) is 24.3 Å². The minimum atomic E-state index is -0.247. The van der Waals surface area contributed by atoms with E-state index in [1.807, 2.05) is 18.2 Å². The normalized spacial score (nSPS) is 11.2. The van der Waals surface area contributed by atoms with Crippen LogP contribution in [0.25, 0.3) is 11.3 Å². The van der Waals surface area contributed by atoms with Crippen LogP contribution >= 0.6 is 0 Å². The number of hydrogen-bond donors (Lipinski definition) is 1. The fourth-order valence-electron chi connectivity index (χ4n) is 2.78. The Morgan fingerprint density at radius 2 is 1.60 bits per heavy atom. The lowest BCUT2D eigenvalue weighted by Crippen LogP contribution is -2.19. The van der Waals surface area contributed by atoms with Gasteiger partial charge in [0.1, 0.15) is 11.6 Å². The Hall–Kier alpha value is -2.53. The standard InChI is InChI=1S/C20H21F2N3/c1-25(14-15-4-8-17(21)9-5-15)12-2-3-19-13-20(24-23-19)16-6-10-18(22)11-7-16/h4-11,13H,2-3,12,14H2,1H3,(H,23,24). The maximum Gasteiger partial charge on any atom is 0.123 e. The van der Waals surface area contributed by atoms with E-state index in [-0.39, 0.29) is 11.6 Å². The van der Waals surface area contributed by atoms with Gasteiger partial charge < -0.3 is 4.90 Å². The molecule has 3 aromatic rings. The Morgan fingerprint density at radius 1 is 0.960 bits per heavy atom. The fourth-order valence-corrected chi connectivity index (χ4v) is 2.78. The smallest absolute Gasteiger partial charge is 0.123 e. The first-order valence-electron chi connectivity index (χ1n) is 8.33. The highest BCUT2D eigenvalue weighted by Gasteiger charge is 2.06. The van der Waals surface area contributed by atoms with Gasteiger partial charge in [-0.2, -0.15) is 5.10 Å². The molecule has 0 saturated heterocycles. The third-order valence-corrected chi connectivity index (χ3v) is 4.12. The summed E-state index contributed by atoms with van der Waals surface area (Å²) in [5, 5.41) is 7.34. The predicted molar refractivity (Wildman–Crippen MR) is 95.0 cm³/mol. The molecule has 3 rings (SSSR count). The molecular formula is C20H21F2N3. The predicted octanol–water partition coefficient (Wildman–Crippen LogP) is 4.42. The van der Waals surface area contributed by atoms with Gasteiger partial charge in [0.2, 0.25) is 0 Å². The average Bonchev–Trinajstić information content (AvgIpc) is 3.06. The maximum atomic E-state index is 13.0. The summed E-state index contributed by atoms with van der Waals surface area (Å²) in [5.41, 5.74) is 3.89. The highest BCUT2D eigenvalue weighted by Crippen LogP contribution is 2.18. The second-order valence-electron chi connectivity index (χ2n) is 6.25. The van der Waals surface area contributed by atoms with E-state index in [0.29, 0.717) is 0 Å². The van der Waals surface area contributed by atoms with Crippen molar-refractivity contribution in [2.45, 2.75) is 19.4 Å². The van der Waals surface area contributed by atoms with E-state index in [0.717, 1.165) is 48.4 Å². The molecule has 0 unspecified atom stereocenters. The Kier molecular flexibility index (Phi) is 5.56. The lowest BCUT2D eigenvalue weighted by molar-refractivity contribution is 0.321. The first kappa shape index (κ1) is 17.3. The zero-order chi connectivity index (χ0) is 17.6. The summed E-state index contributed by atoms with van der Waals surface area (Å²) in [6, 6.07) is 15.0. The second-order valence-corrected chi connectivity index (χ2v) is 6.25. The third-order valence-electron chi connectivity index (χ3n) is 4.12. The number of halogens is 2. The van der Waals surface area contributed by atoms with Gasteiger partial charge in [-0.3, -0.25) is 5.10 Å². The molecule has 0 bridgehead atoms. The molecular weight excluding hydrogens is 320 g/mol. The number of hydrogen-bond acceptors (Lipinski definition) is 2. The van der Waals surface area contributed by atoms with E-state index in [9.17, 15) is 8.78 Å². The van der Waals surface area contributed by atoms with Gasteiger partial charge in [0.05, 0.1) is 5.69 Å². The van der Waals surface area contributed by atoms with Crippen molar-refractivity contribution in [1.82, 2.24) is 15.1 Å². The van der Waals surface area contributed by atoms with Crippen LogP contribution in [0, 0.1) is 11.6 Å². The first-order valence-corrected chi connectivity index (χ1v) is 8.33. The molecule has 1 aromatic heterocycles. The van der Waals surface area contributed by atoms with E-state index in [2.05, 4.69) is 22.1 Å². The van der Waals surface area contributed by atoms with Crippen LogP contribution in [0.1, 0.15) is 17.7 Å². The topological polar surface area (TPSA) is 31.9 Å². The summed E-state index contributed by atoms with van der Waals surface area (Å²) >= 11 is 0. The number of H-pyrrole nitrogens is 1. The second kappa shape index (κ2) is 8.03. The van der Waals surface area contributed by atoms with Gasteiger partial charge in [0.15, 0.2) is 0 Å². The molecule has 0 aliphatic carbocycles. The number of aromatic nitrogens is 2. The van der Waals surface area contributed by atoms with Crippen LogP contribution in [0.3, 0.4) is 0 Å². The summed E-state index contributed by atoms with van der Waals surface area (Å²) in [7, 11) is 2.06. The van der Waals surface area contributed by atoms with Crippen LogP contribution in [0.4, 0.5) is 8.78 Å². The molecule has 5 heteroatoms. The molecule has 0 fully saturated rings. The summed E-state index contributed by atoms with van der Waals surface area (Å²) in [5.74, 6) is -0.452. The number of rotatable bonds is 7. The van der Waals surface area contributed by atoms with Crippen LogP contribution in [-0.2, 0) is 13.0 Å². The van der Waals surface area contributed by atoms with E-state index >= 15 is 0 Å². The van der Waals surface area contributed by atoms with Gasteiger partial charge in [-0.25, -0.2) is 8.78 Å². The van der Waals surface area contributed by atoms with Gasteiger partial charge in [-0.15, -0.1) is 0 Å². The quantitative estimate of drug-likeness (QED) is 0.690. The van der Waals surface area contributed by atoms with Crippen molar-refractivity contribution in [1.29, 1.82) is 0 Å². The summed E-state index contributed by atoms with van der Waals surface area (Å²) in [6.07, 6.45) is 1.88. The van der Waals surface area contributed by atoms with Crippen molar-refractivity contribution in [2.75, 3.05) is 13.6 Å². The summed E-state index contributed by atoms with van der Waals surface area (Å²) in [4.78, 5) is 2.21. The molecule has 3 nitrogen and oxygen atoms in total. The average molecular weight is 341 g/mol. The van der Waals surface area contributed by atoms with Crippen molar-refractivity contribution >= 4 is 0 Å². The molecule has 2 aromatic carbocycles. The highest BCUT2D eigenvalue weighted by atomic mass is 19.1. The lowest BCUT2D eigenvalue weighted by Gasteiger charge is -2.16. The number of aromatic amines is 1. The van der Waals surface area contributed by atoms with Crippen LogP contribution in [0.15, 0.2) is 54.6 Å². The minimum absolute atomic E-state index is 0.206. The minimum Gasteiger partial charge on any atom is -0.302 e. The zero-order valence-corrected chi connectivity index (χ0v) is 14.2. The summed E-state index contributed by atoms with van der Waals surface area (Å²) in [6.45, 7) is 1.73. The molecule has 0 aliphatic rings. The van der Waals surface area contributed by atoms with Crippen molar-refractivity contribution in [3.8, 4) is 11.3 Å². The van der Waals surface area contributed by atoms with Gasteiger partial charge in [0, 0.05) is 17.8 Å². The molecule has 25 heavy (non-hydrogen) atoms. The molecule has 130 valence electrons. The number of nitrogens with one attached hydrogen (secondary N) is 1. The van der Waals surface area contributed by atoms with Crippen molar-refractivity contribution in [2.24, 2.45) is 0 Å². The van der Waals surface area contributed by atoms with Crippen molar-refractivity contribution in [3.63, 3.8) is 0 Å². The number of aryl methyl sites for hydroxylation is 1. The van der Waals surface area contributed by atoms with Gasteiger partial charge in [0.25, 0.3) is 0 Å². The van der Waals surface area contributed by atoms with E-state index in [4.69, 9.17) is 0 Å². The maximum absolute atomic E-state index is 13.0.